The second-order valence-electron chi connectivity index (χ2n) is 6.99. The number of rotatable bonds is 6. The highest BCUT2D eigenvalue weighted by molar-refractivity contribution is 6.02. The Labute approximate surface area is 172 Å². The van der Waals surface area contributed by atoms with E-state index in [0.29, 0.717) is 31.6 Å². The molecule has 0 aliphatic carbocycles. The summed E-state index contributed by atoms with van der Waals surface area (Å²) in [5.41, 5.74) is 0.473. The number of amides is 2. The molecule has 8 nitrogen and oxygen atoms in total. The van der Waals surface area contributed by atoms with E-state index in [-0.39, 0.29) is 41.8 Å². The van der Waals surface area contributed by atoms with Gasteiger partial charge in [0.25, 0.3) is 5.91 Å². The second-order valence-corrected chi connectivity index (χ2v) is 6.99. The predicted molar refractivity (Wildman–Crippen MR) is 106 cm³/mol. The Balaban J connectivity index is 1.25. The molecule has 2 amide bonds. The minimum atomic E-state index is -0.386. The number of halogens is 1. The number of carbonyl (C=O) groups excluding carboxylic acids is 2. The average molecular weight is 412 g/mol. The molecule has 3 aromatic rings. The molecule has 30 heavy (non-hydrogen) atoms. The molecule has 0 radical (unpaired) electrons. The van der Waals surface area contributed by atoms with Crippen molar-refractivity contribution in [3.63, 3.8) is 0 Å². The van der Waals surface area contributed by atoms with Crippen LogP contribution in [0.3, 0.4) is 0 Å². The smallest absolute Gasteiger partial charge is 0.291 e. The first-order chi connectivity index (χ1) is 14.6. The Morgan fingerprint density at radius 2 is 2.00 bits per heavy atom. The van der Waals surface area contributed by atoms with Crippen LogP contribution in [-0.4, -0.2) is 45.7 Å². The number of likely N-dealkylation sites (tertiary alicyclic amines) is 1. The van der Waals surface area contributed by atoms with Crippen molar-refractivity contribution in [1.82, 2.24) is 14.7 Å². The van der Waals surface area contributed by atoms with Crippen molar-refractivity contribution in [3.05, 3.63) is 66.6 Å². The highest BCUT2D eigenvalue weighted by Gasteiger charge is 2.25. The first-order valence-electron chi connectivity index (χ1n) is 9.65. The standard InChI is InChI=1S/C21H21FN4O4/c22-17-4-1-2-5-18(17)30-16-7-9-25(10-8-16)20(27)14-26-13-15(12-23-26)24-21(28)19-6-3-11-29-19/h1-6,11-13,16H,7-10,14H2,(H,24,28). The summed E-state index contributed by atoms with van der Waals surface area (Å²) in [6.07, 6.45) is 5.61. The van der Waals surface area contributed by atoms with E-state index in [1.165, 1.54) is 23.2 Å². The van der Waals surface area contributed by atoms with E-state index in [1.807, 2.05) is 0 Å². The Bertz CT molecular complexity index is 1010. The molecule has 0 atom stereocenters. The van der Waals surface area contributed by atoms with Crippen LogP contribution in [0, 0.1) is 5.82 Å². The van der Waals surface area contributed by atoms with Gasteiger partial charge in [-0.15, -0.1) is 0 Å². The zero-order valence-electron chi connectivity index (χ0n) is 16.2. The Kier molecular flexibility index (Phi) is 5.78. The van der Waals surface area contributed by atoms with Gasteiger partial charge in [-0.05, 0) is 24.3 Å². The molecule has 9 heteroatoms. The van der Waals surface area contributed by atoms with Gasteiger partial charge in [-0.2, -0.15) is 5.10 Å². The molecule has 0 unspecified atom stereocenters. The lowest BCUT2D eigenvalue weighted by atomic mass is 10.1. The third-order valence-corrected chi connectivity index (χ3v) is 4.86. The number of aromatic nitrogens is 2. The van der Waals surface area contributed by atoms with Crippen molar-refractivity contribution in [2.24, 2.45) is 0 Å². The number of benzene rings is 1. The SMILES string of the molecule is O=C(Nc1cnn(CC(=O)N2CCC(Oc3ccccc3F)CC2)c1)c1ccco1. The van der Waals surface area contributed by atoms with Crippen LogP contribution in [0.15, 0.2) is 59.5 Å². The van der Waals surface area contributed by atoms with Crippen LogP contribution >= 0.6 is 0 Å². The molecule has 1 fully saturated rings. The quantitative estimate of drug-likeness (QED) is 0.672. The zero-order valence-corrected chi connectivity index (χ0v) is 16.2. The number of hydrogen-bond acceptors (Lipinski definition) is 5. The molecular weight excluding hydrogens is 391 g/mol. The number of piperidine rings is 1. The Hall–Kier alpha value is -3.62. The number of hydrogen-bond donors (Lipinski definition) is 1. The van der Waals surface area contributed by atoms with Crippen molar-refractivity contribution in [3.8, 4) is 5.75 Å². The van der Waals surface area contributed by atoms with Gasteiger partial charge in [0.15, 0.2) is 17.3 Å². The fourth-order valence-electron chi connectivity index (χ4n) is 3.30. The van der Waals surface area contributed by atoms with E-state index >= 15 is 0 Å². The third-order valence-electron chi connectivity index (χ3n) is 4.86. The van der Waals surface area contributed by atoms with Gasteiger partial charge < -0.3 is 19.4 Å². The highest BCUT2D eigenvalue weighted by atomic mass is 19.1. The maximum atomic E-state index is 13.7. The topological polar surface area (TPSA) is 89.6 Å². The summed E-state index contributed by atoms with van der Waals surface area (Å²) in [4.78, 5) is 26.3. The van der Waals surface area contributed by atoms with Gasteiger partial charge in [0.2, 0.25) is 5.91 Å². The van der Waals surface area contributed by atoms with Crippen molar-refractivity contribution >= 4 is 17.5 Å². The summed E-state index contributed by atoms with van der Waals surface area (Å²) in [6.45, 7) is 1.12. The third kappa shape index (κ3) is 4.68. The van der Waals surface area contributed by atoms with Gasteiger partial charge in [0, 0.05) is 32.1 Å². The molecule has 1 aromatic carbocycles. The molecule has 1 aliphatic rings. The van der Waals surface area contributed by atoms with E-state index < -0.39 is 0 Å². The lowest BCUT2D eigenvalue weighted by Crippen LogP contribution is -2.43. The van der Waals surface area contributed by atoms with Gasteiger partial charge in [0.1, 0.15) is 12.6 Å². The molecule has 1 saturated heterocycles. The van der Waals surface area contributed by atoms with E-state index in [9.17, 15) is 14.0 Å². The van der Waals surface area contributed by atoms with Crippen LogP contribution in [0.25, 0.3) is 0 Å². The van der Waals surface area contributed by atoms with E-state index in [2.05, 4.69) is 10.4 Å². The molecule has 1 aliphatic heterocycles. The molecular formula is C21H21FN4O4. The number of anilines is 1. The maximum Gasteiger partial charge on any atom is 0.291 e. The molecule has 2 aromatic heterocycles. The molecule has 0 saturated carbocycles. The van der Waals surface area contributed by atoms with Crippen LogP contribution in [-0.2, 0) is 11.3 Å². The lowest BCUT2D eigenvalue weighted by Gasteiger charge is -2.32. The van der Waals surface area contributed by atoms with Crippen LogP contribution in [0.5, 0.6) is 5.75 Å². The van der Waals surface area contributed by atoms with Crippen molar-refractivity contribution in [2.45, 2.75) is 25.5 Å². The van der Waals surface area contributed by atoms with Gasteiger partial charge >= 0.3 is 0 Å². The van der Waals surface area contributed by atoms with Crippen LogP contribution in [0.2, 0.25) is 0 Å². The van der Waals surface area contributed by atoms with Gasteiger partial charge in [-0.1, -0.05) is 12.1 Å². The van der Waals surface area contributed by atoms with E-state index in [0.717, 1.165) is 0 Å². The number of carbonyl (C=O) groups is 2. The summed E-state index contributed by atoms with van der Waals surface area (Å²) in [7, 11) is 0. The van der Waals surface area contributed by atoms with Crippen LogP contribution in [0.4, 0.5) is 10.1 Å². The van der Waals surface area contributed by atoms with Gasteiger partial charge in [0.05, 0.1) is 18.1 Å². The number of nitrogens with zero attached hydrogens (tertiary/aromatic N) is 3. The van der Waals surface area contributed by atoms with Crippen LogP contribution in [0.1, 0.15) is 23.4 Å². The van der Waals surface area contributed by atoms with Crippen molar-refractivity contribution in [1.29, 1.82) is 0 Å². The lowest BCUT2D eigenvalue weighted by molar-refractivity contribution is -0.133. The molecule has 1 N–H and O–H groups in total. The summed E-state index contributed by atoms with van der Waals surface area (Å²) in [5.74, 6) is -0.416. The second kappa shape index (κ2) is 8.81. The molecule has 0 bridgehead atoms. The van der Waals surface area contributed by atoms with Gasteiger partial charge in [-0.25, -0.2) is 4.39 Å². The molecule has 4 rings (SSSR count). The number of ether oxygens (including phenoxy) is 1. The number of nitrogens with one attached hydrogen (secondary N) is 1. The summed E-state index contributed by atoms with van der Waals surface area (Å²) in [6, 6.07) is 9.50. The zero-order chi connectivity index (χ0) is 20.9. The van der Waals surface area contributed by atoms with E-state index in [4.69, 9.17) is 9.15 Å². The largest absolute Gasteiger partial charge is 0.487 e. The van der Waals surface area contributed by atoms with E-state index in [1.54, 1.807) is 41.4 Å². The summed E-state index contributed by atoms with van der Waals surface area (Å²) >= 11 is 0. The van der Waals surface area contributed by atoms with Gasteiger partial charge in [-0.3, -0.25) is 14.3 Å². The fraction of sp³-hybridized carbons (Fsp3) is 0.286. The molecule has 156 valence electrons. The minimum absolute atomic E-state index is 0.0649. The van der Waals surface area contributed by atoms with Crippen molar-refractivity contribution in [2.75, 3.05) is 18.4 Å². The maximum absolute atomic E-state index is 13.7. The Morgan fingerprint density at radius 3 is 2.73 bits per heavy atom. The molecule has 0 spiro atoms. The predicted octanol–water partition coefficient (Wildman–Crippen LogP) is 2.94. The average Bonchev–Trinajstić information content (AvgIpc) is 3.43. The monoisotopic (exact) mass is 412 g/mol. The normalized spacial score (nSPS) is 14.5. The Morgan fingerprint density at radius 1 is 1.20 bits per heavy atom. The highest BCUT2D eigenvalue weighted by Crippen LogP contribution is 2.22. The van der Waals surface area contributed by atoms with Crippen molar-refractivity contribution < 1.29 is 23.1 Å². The number of furan rings is 1. The van der Waals surface area contributed by atoms with Crippen LogP contribution < -0.4 is 10.1 Å². The molecule has 3 heterocycles. The fourth-order valence-corrected chi connectivity index (χ4v) is 3.30. The minimum Gasteiger partial charge on any atom is -0.487 e. The summed E-state index contributed by atoms with van der Waals surface area (Å²) < 4.78 is 26.0. The first-order valence-corrected chi connectivity index (χ1v) is 9.65. The summed E-state index contributed by atoms with van der Waals surface area (Å²) in [5, 5.41) is 6.79. The number of para-hydroxylation sites is 1. The first kappa shape index (κ1) is 19.7.